The molecule has 0 aliphatic carbocycles. The van der Waals surface area contributed by atoms with Crippen LogP contribution in [0.25, 0.3) is 10.9 Å². The Hall–Kier alpha value is -4.41. The maximum Gasteiger partial charge on any atom is 0.332 e. The number of benzene rings is 3. The van der Waals surface area contributed by atoms with Crippen LogP contribution in [0.3, 0.4) is 0 Å². The molecule has 4 aromatic rings. The summed E-state index contributed by atoms with van der Waals surface area (Å²) in [5.41, 5.74) is 0.680. The first kappa shape index (κ1) is 29.1. The number of rotatable bonds is 10. The molecule has 1 fully saturated rings. The van der Waals surface area contributed by atoms with Gasteiger partial charge in [-0.2, -0.15) is 0 Å². The molecule has 0 bridgehead atoms. The fourth-order valence-corrected chi connectivity index (χ4v) is 5.21. The van der Waals surface area contributed by atoms with E-state index in [-0.39, 0.29) is 35.0 Å². The van der Waals surface area contributed by atoms with E-state index in [1.807, 2.05) is 30.3 Å². The van der Waals surface area contributed by atoms with Gasteiger partial charge in [0, 0.05) is 23.7 Å². The molecule has 11 heteroatoms. The van der Waals surface area contributed by atoms with Crippen molar-refractivity contribution >= 4 is 40.0 Å². The Balaban J connectivity index is 1.48. The topological polar surface area (TPSA) is 121 Å². The summed E-state index contributed by atoms with van der Waals surface area (Å²) in [7, 11) is 1.46. The van der Waals surface area contributed by atoms with Gasteiger partial charge in [0.1, 0.15) is 12.3 Å². The Bertz CT molecular complexity index is 1730. The molecule has 0 saturated carbocycles. The number of hydrogen-bond donors (Lipinski definition) is 2. The van der Waals surface area contributed by atoms with E-state index in [1.54, 1.807) is 18.2 Å². The van der Waals surface area contributed by atoms with E-state index < -0.39 is 23.7 Å². The lowest BCUT2D eigenvalue weighted by molar-refractivity contribution is -0.116. The minimum atomic E-state index is -0.669. The molecule has 0 unspecified atom stereocenters. The van der Waals surface area contributed by atoms with Crippen LogP contribution in [-0.4, -0.2) is 47.3 Å². The SMILES string of the molecule is COc1ccc(Cl)cc1NC(=O)Cn1c(=O)n(C[C@@H]2CCCO2)c(=O)c2ccc(C(=O)NCCc3ccccc3)cc21. The van der Waals surface area contributed by atoms with Crippen molar-refractivity contribution in [2.45, 2.75) is 38.5 Å². The summed E-state index contributed by atoms with van der Waals surface area (Å²) < 4.78 is 13.3. The largest absolute Gasteiger partial charge is 0.495 e. The van der Waals surface area contributed by atoms with Crippen LogP contribution in [-0.2, 0) is 29.0 Å². The lowest BCUT2D eigenvalue weighted by Gasteiger charge is -2.17. The van der Waals surface area contributed by atoms with Crippen molar-refractivity contribution in [1.82, 2.24) is 14.5 Å². The second-order valence-electron chi connectivity index (χ2n) is 10.0. The Kier molecular flexibility index (Phi) is 9.04. The van der Waals surface area contributed by atoms with Gasteiger partial charge in [0.05, 0.1) is 36.3 Å². The van der Waals surface area contributed by atoms with Gasteiger partial charge in [-0.3, -0.25) is 23.5 Å². The Morgan fingerprint density at radius 3 is 2.60 bits per heavy atom. The van der Waals surface area contributed by atoms with Crippen molar-refractivity contribution in [1.29, 1.82) is 0 Å². The molecule has 3 aromatic carbocycles. The zero-order valence-electron chi connectivity index (χ0n) is 23.1. The van der Waals surface area contributed by atoms with Crippen LogP contribution in [0, 0.1) is 0 Å². The number of nitrogens with zero attached hydrogens (tertiary/aromatic N) is 2. The maximum atomic E-state index is 13.7. The molecule has 2 amide bonds. The number of amides is 2. The van der Waals surface area contributed by atoms with Gasteiger partial charge in [-0.15, -0.1) is 0 Å². The normalized spacial score (nSPS) is 14.6. The van der Waals surface area contributed by atoms with Gasteiger partial charge in [0.25, 0.3) is 11.5 Å². The molecule has 1 aliphatic heterocycles. The van der Waals surface area contributed by atoms with E-state index in [2.05, 4.69) is 10.6 Å². The van der Waals surface area contributed by atoms with E-state index >= 15 is 0 Å². The Morgan fingerprint density at radius 2 is 1.86 bits per heavy atom. The Morgan fingerprint density at radius 1 is 1.05 bits per heavy atom. The van der Waals surface area contributed by atoms with Crippen molar-refractivity contribution < 1.29 is 19.1 Å². The second kappa shape index (κ2) is 13.1. The number of carbonyl (C=O) groups excluding carboxylic acids is 2. The molecule has 1 aliphatic rings. The molecule has 0 radical (unpaired) electrons. The molecule has 2 heterocycles. The van der Waals surface area contributed by atoms with Crippen LogP contribution in [0.2, 0.25) is 5.02 Å². The van der Waals surface area contributed by atoms with Crippen LogP contribution < -0.4 is 26.6 Å². The number of hydrogen-bond acceptors (Lipinski definition) is 6. The first-order valence-corrected chi connectivity index (χ1v) is 14.1. The highest BCUT2D eigenvalue weighted by Crippen LogP contribution is 2.27. The number of nitrogens with one attached hydrogen (secondary N) is 2. The van der Waals surface area contributed by atoms with Crippen molar-refractivity contribution in [2.24, 2.45) is 0 Å². The standard InChI is InChI=1S/C31H31ClN4O6/c1-41-27-12-10-22(32)17-25(27)34-28(37)19-35-26-16-21(29(38)33-14-13-20-6-3-2-4-7-20)9-11-24(26)30(39)36(31(35)40)18-23-8-5-15-42-23/h2-4,6-7,9-12,16-17,23H,5,8,13-15,18-19H2,1H3,(H,33,38)(H,34,37)/t23-/m0/s1. The number of methoxy groups -OCH3 is 1. The minimum Gasteiger partial charge on any atom is -0.495 e. The zero-order valence-corrected chi connectivity index (χ0v) is 23.9. The quantitative estimate of drug-likeness (QED) is 0.291. The second-order valence-corrected chi connectivity index (χ2v) is 10.5. The average molecular weight is 591 g/mol. The molecule has 42 heavy (non-hydrogen) atoms. The van der Waals surface area contributed by atoms with Crippen LogP contribution in [0.4, 0.5) is 5.69 Å². The third-order valence-corrected chi connectivity index (χ3v) is 7.41. The minimum absolute atomic E-state index is 0.0685. The summed E-state index contributed by atoms with van der Waals surface area (Å²) in [5.74, 6) is -0.509. The van der Waals surface area contributed by atoms with Crippen molar-refractivity contribution in [3.63, 3.8) is 0 Å². The molecular weight excluding hydrogens is 560 g/mol. The van der Waals surface area contributed by atoms with Crippen LogP contribution in [0.1, 0.15) is 28.8 Å². The number of carbonyl (C=O) groups is 2. The van der Waals surface area contributed by atoms with E-state index in [0.717, 1.165) is 23.0 Å². The van der Waals surface area contributed by atoms with Gasteiger partial charge >= 0.3 is 5.69 Å². The third kappa shape index (κ3) is 6.56. The van der Waals surface area contributed by atoms with Gasteiger partial charge in [-0.25, -0.2) is 4.79 Å². The number of aromatic nitrogens is 2. The lowest BCUT2D eigenvalue weighted by atomic mass is 10.1. The fourth-order valence-electron chi connectivity index (χ4n) is 5.04. The van der Waals surface area contributed by atoms with Gasteiger partial charge in [0.15, 0.2) is 0 Å². The van der Waals surface area contributed by atoms with Crippen molar-refractivity contribution in [3.05, 3.63) is 104 Å². The predicted molar refractivity (Wildman–Crippen MR) is 161 cm³/mol. The molecular formula is C31H31ClN4O6. The van der Waals surface area contributed by atoms with E-state index in [1.165, 1.54) is 29.9 Å². The first-order valence-electron chi connectivity index (χ1n) is 13.7. The molecule has 1 aromatic heterocycles. The van der Waals surface area contributed by atoms with Gasteiger partial charge < -0.3 is 20.1 Å². The molecule has 218 valence electrons. The van der Waals surface area contributed by atoms with Gasteiger partial charge in [-0.1, -0.05) is 41.9 Å². The number of ether oxygens (including phenoxy) is 2. The third-order valence-electron chi connectivity index (χ3n) is 7.18. The fraction of sp³-hybridized carbons (Fsp3) is 0.290. The van der Waals surface area contributed by atoms with Gasteiger partial charge in [0.2, 0.25) is 5.91 Å². The molecule has 0 spiro atoms. The Labute approximate surface area is 246 Å². The van der Waals surface area contributed by atoms with E-state index in [9.17, 15) is 19.2 Å². The highest BCUT2D eigenvalue weighted by molar-refractivity contribution is 6.31. The molecule has 10 nitrogen and oxygen atoms in total. The lowest BCUT2D eigenvalue weighted by Crippen LogP contribution is -2.43. The van der Waals surface area contributed by atoms with Crippen molar-refractivity contribution in [3.8, 4) is 5.75 Å². The molecule has 2 N–H and O–H groups in total. The highest BCUT2D eigenvalue weighted by Gasteiger charge is 2.22. The molecule has 1 saturated heterocycles. The molecule has 5 rings (SSSR count). The van der Waals surface area contributed by atoms with Gasteiger partial charge in [-0.05, 0) is 61.2 Å². The maximum absolute atomic E-state index is 13.7. The predicted octanol–water partition coefficient (Wildman–Crippen LogP) is 3.62. The van der Waals surface area contributed by atoms with Crippen molar-refractivity contribution in [2.75, 3.05) is 25.6 Å². The van der Waals surface area contributed by atoms with E-state index in [0.29, 0.717) is 36.0 Å². The summed E-state index contributed by atoms with van der Waals surface area (Å²) in [4.78, 5) is 53.4. The monoisotopic (exact) mass is 590 g/mol. The summed E-state index contributed by atoms with van der Waals surface area (Å²) in [5, 5.41) is 6.21. The van der Waals surface area contributed by atoms with Crippen LogP contribution in [0.5, 0.6) is 5.75 Å². The summed E-state index contributed by atoms with van der Waals surface area (Å²) in [6.45, 7) is 0.614. The highest BCUT2D eigenvalue weighted by atomic mass is 35.5. The first-order chi connectivity index (χ1) is 20.3. The smallest absolute Gasteiger partial charge is 0.332 e. The van der Waals surface area contributed by atoms with E-state index in [4.69, 9.17) is 21.1 Å². The number of fused-ring (bicyclic) bond motifs is 1. The summed E-state index contributed by atoms with van der Waals surface area (Å²) in [6, 6.07) is 19.1. The molecule has 1 atom stereocenters. The van der Waals surface area contributed by atoms with Crippen LogP contribution in [0.15, 0.2) is 76.3 Å². The average Bonchev–Trinajstić information content (AvgIpc) is 3.51. The van der Waals surface area contributed by atoms with Crippen LogP contribution >= 0.6 is 11.6 Å². The number of anilines is 1. The summed E-state index contributed by atoms with van der Waals surface area (Å²) >= 11 is 6.11. The number of halogens is 1. The summed E-state index contributed by atoms with van der Waals surface area (Å²) in [6.07, 6.45) is 1.93. The zero-order chi connectivity index (χ0) is 29.6.